The van der Waals surface area contributed by atoms with Crippen molar-refractivity contribution in [3.05, 3.63) is 72.6 Å². The topological polar surface area (TPSA) is 99.9 Å². The van der Waals surface area contributed by atoms with E-state index in [1.807, 2.05) is 54.6 Å². The molecular weight excluding hydrogens is 326 g/mol. The minimum Gasteiger partial charge on any atom is -0.394 e. The molecular formula is C20H19N5O. The highest BCUT2D eigenvalue weighted by atomic mass is 16.3. The maximum Gasteiger partial charge on any atom is 0.153 e. The number of hydrogen-bond donors (Lipinski definition) is 4. The molecule has 0 aliphatic heterocycles. The first-order chi connectivity index (χ1) is 12.7. The molecule has 0 unspecified atom stereocenters. The van der Waals surface area contributed by atoms with Crippen molar-refractivity contribution in [1.29, 1.82) is 0 Å². The third-order valence-corrected chi connectivity index (χ3v) is 4.39. The first-order valence-corrected chi connectivity index (χ1v) is 8.36. The SMILES string of the molecule is Nc1n[nH]c2ccc(-c3cncc(N[C@@H](CO)c4ccccc4)c3)cc12. The highest BCUT2D eigenvalue weighted by Crippen LogP contribution is 2.28. The number of aliphatic hydroxyl groups is 1. The number of nitrogens with one attached hydrogen (secondary N) is 2. The monoisotopic (exact) mass is 345 g/mol. The van der Waals surface area contributed by atoms with Gasteiger partial charge in [0.1, 0.15) is 0 Å². The third-order valence-electron chi connectivity index (χ3n) is 4.39. The Morgan fingerprint density at radius 3 is 2.69 bits per heavy atom. The molecule has 2 heterocycles. The molecule has 0 fully saturated rings. The Kier molecular flexibility index (Phi) is 4.25. The summed E-state index contributed by atoms with van der Waals surface area (Å²) < 4.78 is 0. The van der Waals surface area contributed by atoms with Crippen molar-refractivity contribution >= 4 is 22.4 Å². The van der Waals surface area contributed by atoms with Gasteiger partial charge in [-0.05, 0) is 29.3 Å². The number of hydrogen-bond acceptors (Lipinski definition) is 5. The standard InChI is InChI=1S/C20H19N5O/c21-20-17-9-14(6-7-18(17)24-25-20)15-8-16(11-22-10-15)23-19(12-26)13-4-2-1-3-5-13/h1-11,19,23,26H,12H2,(H3,21,24,25)/t19-/m0/s1. The fraction of sp³-hybridized carbons (Fsp3) is 0.100. The Morgan fingerprint density at radius 1 is 1.04 bits per heavy atom. The van der Waals surface area contributed by atoms with E-state index in [1.165, 1.54) is 0 Å². The largest absolute Gasteiger partial charge is 0.394 e. The van der Waals surface area contributed by atoms with Gasteiger partial charge in [-0.1, -0.05) is 36.4 Å². The molecule has 5 N–H and O–H groups in total. The van der Waals surface area contributed by atoms with Crippen LogP contribution in [0.15, 0.2) is 67.0 Å². The highest BCUT2D eigenvalue weighted by molar-refractivity contribution is 5.92. The predicted octanol–water partition coefficient (Wildman–Crippen LogP) is 3.35. The lowest BCUT2D eigenvalue weighted by Crippen LogP contribution is -2.14. The van der Waals surface area contributed by atoms with Crippen LogP contribution in [-0.4, -0.2) is 26.9 Å². The zero-order valence-corrected chi connectivity index (χ0v) is 14.1. The summed E-state index contributed by atoms with van der Waals surface area (Å²) in [5, 5.41) is 20.9. The van der Waals surface area contributed by atoms with Gasteiger partial charge in [0.15, 0.2) is 5.82 Å². The van der Waals surface area contributed by atoms with Gasteiger partial charge in [-0.25, -0.2) is 0 Å². The van der Waals surface area contributed by atoms with Gasteiger partial charge in [0.05, 0.1) is 23.9 Å². The number of nitrogens with zero attached hydrogens (tertiary/aromatic N) is 2. The van der Waals surface area contributed by atoms with Crippen molar-refractivity contribution in [2.24, 2.45) is 0 Å². The van der Waals surface area contributed by atoms with Crippen LogP contribution in [0.3, 0.4) is 0 Å². The highest BCUT2D eigenvalue weighted by Gasteiger charge is 2.11. The molecule has 0 spiro atoms. The smallest absolute Gasteiger partial charge is 0.153 e. The van der Waals surface area contributed by atoms with E-state index in [0.29, 0.717) is 5.82 Å². The van der Waals surface area contributed by atoms with Crippen molar-refractivity contribution in [3.8, 4) is 11.1 Å². The van der Waals surface area contributed by atoms with Gasteiger partial charge in [-0.3, -0.25) is 10.1 Å². The Hall–Kier alpha value is -3.38. The van der Waals surface area contributed by atoms with Crippen LogP contribution in [0.2, 0.25) is 0 Å². The van der Waals surface area contributed by atoms with Gasteiger partial charge >= 0.3 is 0 Å². The second kappa shape index (κ2) is 6.85. The molecule has 2 aromatic carbocycles. The number of aromatic nitrogens is 3. The lowest BCUT2D eigenvalue weighted by Gasteiger charge is -2.18. The minimum absolute atomic E-state index is 0.00818. The van der Waals surface area contributed by atoms with Gasteiger partial charge in [-0.2, -0.15) is 5.10 Å². The number of nitrogens with two attached hydrogens (primary N) is 1. The number of nitrogen functional groups attached to an aromatic ring is 1. The van der Waals surface area contributed by atoms with Crippen molar-refractivity contribution < 1.29 is 5.11 Å². The van der Waals surface area contributed by atoms with Crippen LogP contribution in [0.1, 0.15) is 11.6 Å². The van der Waals surface area contributed by atoms with E-state index >= 15 is 0 Å². The van der Waals surface area contributed by atoms with Gasteiger partial charge in [0, 0.05) is 23.3 Å². The number of aromatic amines is 1. The van der Waals surface area contributed by atoms with Crippen molar-refractivity contribution in [3.63, 3.8) is 0 Å². The normalized spacial score (nSPS) is 12.2. The average Bonchev–Trinajstić information content (AvgIpc) is 3.07. The third kappa shape index (κ3) is 3.10. The molecule has 0 amide bonds. The number of pyridine rings is 1. The summed E-state index contributed by atoms with van der Waals surface area (Å²) >= 11 is 0. The summed E-state index contributed by atoms with van der Waals surface area (Å²) in [6, 6.07) is 17.6. The Morgan fingerprint density at radius 2 is 1.88 bits per heavy atom. The molecule has 0 aliphatic rings. The van der Waals surface area contributed by atoms with Crippen LogP contribution in [0.25, 0.3) is 22.0 Å². The van der Waals surface area contributed by atoms with Gasteiger partial charge in [0.25, 0.3) is 0 Å². The van der Waals surface area contributed by atoms with E-state index in [9.17, 15) is 5.11 Å². The molecule has 130 valence electrons. The first kappa shape index (κ1) is 16.1. The summed E-state index contributed by atoms with van der Waals surface area (Å²) in [4.78, 5) is 4.33. The number of anilines is 2. The summed E-state index contributed by atoms with van der Waals surface area (Å²) in [5.41, 5.74) is 10.6. The molecule has 0 radical (unpaired) electrons. The van der Waals surface area contributed by atoms with E-state index in [2.05, 4.69) is 20.5 Å². The molecule has 0 saturated heterocycles. The molecule has 4 rings (SSSR count). The number of aliphatic hydroxyl groups excluding tert-OH is 1. The summed E-state index contributed by atoms with van der Waals surface area (Å²) in [5.74, 6) is 0.480. The summed E-state index contributed by atoms with van der Waals surface area (Å²) in [7, 11) is 0. The van der Waals surface area contributed by atoms with Gasteiger partial charge < -0.3 is 16.2 Å². The first-order valence-electron chi connectivity index (χ1n) is 8.36. The summed E-state index contributed by atoms with van der Waals surface area (Å²) in [6.07, 6.45) is 3.55. The fourth-order valence-corrected chi connectivity index (χ4v) is 3.01. The Balaban J connectivity index is 1.64. The Labute approximate surface area is 150 Å². The number of rotatable bonds is 5. The molecule has 6 heteroatoms. The molecule has 0 saturated carbocycles. The van der Waals surface area contributed by atoms with Crippen LogP contribution in [0.5, 0.6) is 0 Å². The van der Waals surface area contributed by atoms with Crippen LogP contribution in [0.4, 0.5) is 11.5 Å². The van der Waals surface area contributed by atoms with Gasteiger partial charge in [-0.15, -0.1) is 0 Å². The Bertz CT molecular complexity index is 1030. The number of H-pyrrole nitrogens is 1. The molecule has 0 aliphatic carbocycles. The predicted molar refractivity (Wildman–Crippen MR) is 104 cm³/mol. The maximum atomic E-state index is 9.75. The molecule has 0 bridgehead atoms. The molecule has 26 heavy (non-hydrogen) atoms. The second-order valence-electron chi connectivity index (χ2n) is 6.12. The molecule has 6 nitrogen and oxygen atoms in total. The van der Waals surface area contributed by atoms with E-state index in [0.717, 1.165) is 33.3 Å². The van der Waals surface area contributed by atoms with E-state index in [4.69, 9.17) is 5.73 Å². The van der Waals surface area contributed by atoms with Crippen molar-refractivity contribution in [2.45, 2.75) is 6.04 Å². The zero-order valence-electron chi connectivity index (χ0n) is 14.1. The summed E-state index contributed by atoms with van der Waals surface area (Å²) in [6.45, 7) is -0.00818. The number of fused-ring (bicyclic) bond motifs is 1. The van der Waals surface area contributed by atoms with Crippen LogP contribution >= 0.6 is 0 Å². The molecule has 4 aromatic rings. The number of benzene rings is 2. The zero-order chi connectivity index (χ0) is 17.9. The van der Waals surface area contributed by atoms with E-state index < -0.39 is 0 Å². The fourth-order valence-electron chi connectivity index (χ4n) is 3.01. The minimum atomic E-state index is -0.194. The van der Waals surface area contributed by atoms with Gasteiger partial charge in [0.2, 0.25) is 0 Å². The maximum absolute atomic E-state index is 9.75. The van der Waals surface area contributed by atoms with E-state index in [-0.39, 0.29) is 12.6 Å². The molecule has 2 aromatic heterocycles. The lowest BCUT2D eigenvalue weighted by atomic mass is 10.0. The second-order valence-corrected chi connectivity index (χ2v) is 6.12. The van der Waals surface area contributed by atoms with Crippen molar-refractivity contribution in [2.75, 3.05) is 17.7 Å². The average molecular weight is 345 g/mol. The lowest BCUT2D eigenvalue weighted by molar-refractivity contribution is 0.276. The quantitative estimate of drug-likeness (QED) is 0.444. The van der Waals surface area contributed by atoms with Crippen molar-refractivity contribution in [1.82, 2.24) is 15.2 Å². The van der Waals surface area contributed by atoms with Crippen LogP contribution in [0, 0.1) is 0 Å². The molecule has 1 atom stereocenters. The van der Waals surface area contributed by atoms with Crippen LogP contribution in [-0.2, 0) is 0 Å². The van der Waals surface area contributed by atoms with Crippen LogP contribution < -0.4 is 11.1 Å². The van der Waals surface area contributed by atoms with E-state index in [1.54, 1.807) is 12.4 Å².